The van der Waals surface area contributed by atoms with Gasteiger partial charge in [0.25, 0.3) is 0 Å². The number of hydrogen-bond acceptors (Lipinski definition) is 8. The van der Waals surface area contributed by atoms with E-state index in [0.29, 0.717) is 5.52 Å². The van der Waals surface area contributed by atoms with Crippen molar-refractivity contribution in [3.63, 3.8) is 0 Å². The molecule has 0 radical (unpaired) electrons. The Bertz CT molecular complexity index is 740. The second kappa shape index (κ2) is 4.77. The molecule has 0 aromatic carbocycles. The predicted molar refractivity (Wildman–Crippen MR) is 70.2 cm³/mol. The molecule has 0 unspecified atom stereocenters. The third-order valence-electron chi connectivity index (χ3n) is 3.66. The molecule has 3 rings (SSSR count). The molecule has 21 heavy (non-hydrogen) atoms. The zero-order valence-electron chi connectivity index (χ0n) is 11.1. The Balaban J connectivity index is 2.20. The highest BCUT2D eigenvalue weighted by Gasteiger charge is 2.45. The van der Waals surface area contributed by atoms with Crippen LogP contribution in [0.1, 0.15) is 6.23 Å². The average Bonchev–Trinajstić information content (AvgIpc) is 2.88. The van der Waals surface area contributed by atoms with Crippen LogP contribution < -0.4 is 11.4 Å². The van der Waals surface area contributed by atoms with Crippen LogP contribution in [0.25, 0.3) is 11.2 Å². The van der Waals surface area contributed by atoms with Crippen molar-refractivity contribution in [3.8, 4) is 0 Å². The minimum atomic E-state index is -1.37. The number of aliphatic hydroxyl groups is 3. The van der Waals surface area contributed by atoms with E-state index in [9.17, 15) is 15.0 Å². The number of nitrogen functional groups attached to an aromatic ring is 1. The molecule has 0 saturated carbocycles. The van der Waals surface area contributed by atoms with Gasteiger partial charge in [-0.3, -0.25) is 4.57 Å². The number of aryl methyl sites for hydroxylation is 1. The van der Waals surface area contributed by atoms with Crippen LogP contribution in [0.3, 0.4) is 0 Å². The number of fused-ring (bicyclic) bond motifs is 1. The van der Waals surface area contributed by atoms with Gasteiger partial charge in [-0.1, -0.05) is 0 Å². The third-order valence-corrected chi connectivity index (χ3v) is 3.66. The molecule has 1 fully saturated rings. The Morgan fingerprint density at radius 3 is 2.71 bits per heavy atom. The van der Waals surface area contributed by atoms with Crippen LogP contribution >= 0.6 is 0 Å². The van der Waals surface area contributed by atoms with Crippen molar-refractivity contribution in [2.24, 2.45) is 7.05 Å². The van der Waals surface area contributed by atoms with Crippen molar-refractivity contribution < 1.29 is 20.1 Å². The Labute approximate surface area is 118 Å². The number of anilines is 1. The summed E-state index contributed by atoms with van der Waals surface area (Å²) in [5.41, 5.74) is 5.71. The normalized spacial score (nSPS) is 29.3. The lowest BCUT2D eigenvalue weighted by molar-refractivity contribution is -0.0527. The van der Waals surface area contributed by atoms with Gasteiger partial charge in [0.1, 0.15) is 30.2 Å². The lowest BCUT2D eigenvalue weighted by atomic mass is 10.1. The van der Waals surface area contributed by atoms with Gasteiger partial charge in [0.05, 0.1) is 6.61 Å². The minimum Gasteiger partial charge on any atom is -0.394 e. The van der Waals surface area contributed by atoms with E-state index in [4.69, 9.17) is 15.6 Å². The number of rotatable bonds is 2. The molecule has 0 amide bonds. The summed E-state index contributed by atoms with van der Waals surface area (Å²) in [5, 5.41) is 29.0. The summed E-state index contributed by atoms with van der Waals surface area (Å²) in [6.45, 7) is -0.481. The Morgan fingerprint density at radius 2 is 2.10 bits per heavy atom. The van der Waals surface area contributed by atoms with E-state index in [0.717, 1.165) is 4.57 Å². The molecule has 1 aliphatic rings. The first-order valence-corrected chi connectivity index (χ1v) is 6.27. The fraction of sp³-hybridized carbons (Fsp3) is 0.545. The first-order valence-electron chi connectivity index (χ1n) is 6.27. The number of imidazole rings is 1. The quantitative estimate of drug-likeness (QED) is 0.468. The SMILES string of the molecule is Cn1c(=O)n([C@@H]2O[C@H](CO)[C@@H](O)[C@H]2O)c2ncnc(N)c21. The maximum absolute atomic E-state index is 12.3. The van der Waals surface area contributed by atoms with Gasteiger partial charge in [0.2, 0.25) is 0 Å². The average molecular weight is 297 g/mol. The summed E-state index contributed by atoms with van der Waals surface area (Å²) < 4.78 is 7.69. The summed E-state index contributed by atoms with van der Waals surface area (Å²) in [4.78, 5) is 20.2. The van der Waals surface area contributed by atoms with Crippen LogP contribution in [0.4, 0.5) is 5.82 Å². The number of ether oxygens (including phenoxy) is 1. The summed E-state index contributed by atoms with van der Waals surface area (Å²) in [6.07, 6.45) is -3.63. The molecule has 0 aliphatic carbocycles. The Hall–Kier alpha value is -2.01. The molecule has 3 heterocycles. The predicted octanol–water partition coefficient (Wildman–Crippen LogP) is -2.68. The number of nitrogens with zero attached hydrogens (tertiary/aromatic N) is 4. The molecule has 0 spiro atoms. The monoisotopic (exact) mass is 297 g/mol. The zero-order chi connectivity index (χ0) is 15.3. The molecule has 5 N–H and O–H groups in total. The fourth-order valence-electron chi connectivity index (χ4n) is 2.55. The Morgan fingerprint density at radius 1 is 1.38 bits per heavy atom. The van der Waals surface area contributed by atoms with E-state index in [1.807, 2.05) is 0 Å². The van der Waals surface area contributed by atoms with Crippen molar-refractivity contribution in [2.45, 2.75) is 24.5 Å². The molecule has 10 heteroatoms. The van der Waals surface area contributed by atoms with E-state index in [1.54, 1.807) is 0 Å². The van der Waals surface area contributed by atoms with Crippen molar-refractivity contribution in [1.29, 1.82) is 0 Å². The van der Waals surface area contributed by atoms with E-state index in [2.05, 4.69) is 9.97 Å². The van der Waals surface area contributed by atoms with Crippen LogP contribution in [-0.4, -0.2) is 59.3 Å². The first-order chi connectivity index (χ1) is 9.97. The van der Waals surface area contributed by atoms with Gasteiger partial charge in [-0.15, -0.1) is 0 Å². The van der Waals surface area contributed by atoms with E-state index in [1.165, 1.54) is 17.9 Å². The topological polar surface area (TPSA) is 149 Å². The van der Waals surface area contributed by atoms with E-state index in [-0.39, 0.29) is 11.5 Å². The van der Waals surface area contributed by atoms with Crippen LogP contribution in [0.5, 0.6) is 0 Å². The molecule has 2 aromatic rings. The maximum atomic E-state index is 12.3. The molecular weight excluding hydrogens is 282 g/mol. The van der Waals surface area contributed by atoms with Crippen molar-refractivity contribution in [1.82, 2.24) is 19.1 Å². The molecule has 1 saturated heterocycles. The smallest absolute Gasteiger partial charge is 0.332 e. The maximum Gasteiger partial charge on any atom is 0.332 e. The van der Waals surface area contributed by atoms with E-state index < -0.39 is 36.8 Å². The second-order valence-corrected chi connectivity index (χ2v) is 4.87. The van der Waals surface area contributed by atoms with E-state index >= 15 is 0 Å². The van der Waals surface area contributed by atoms with Crippen LogP contribution in [0, 0.1) is 0 Å². The van der Waals surface area contributed by atoms with Gasteiger partial charge in [0, 0.05) is 7.05 Å². The third kappa shape index (κ3) is 1.84. The van der Waals surface area contributed by atoms with Crippen LogP contribution in [0.2, 0.25) is 0 Å². The van der Waals surface area contributed by atoms with Crippen molar-refractivity contribution >= 4 is 17.0 Å². The molecule has 10 nitrogen and oxygen atoms in total. The summed E-state index contributed by atoms with van der Waals surface area (Å²) in [7, 11) is 1.49. The van der Waals surface area contributed by atoms with Crippen molar-refractivity contribution in [2.75, 3.05) is 12.3 Å². The molecule has 114 valence electrons. The van der Waals surface area contributed by atoms with Crippen LogP contribution in [-0.2, 0) is 11.8 Å². The standard InChI is InChI=1S/C11H15N5O5/c1-15-5-8(12)13-3-14-9(5)16(11(15)20)10-7(19)6(18)4(2-17)21-10/h3-4,6-7,10,17-19H,2H2,1H3,(H2,12,13,14)/t4-,6-,7-,10-/m1/s1. The largest absolute Gasteiger partial charge is 0.394 e. The van der Waals surface area contributed by atoms with Gasteiger partial charge < -0.3 is 25.8 Å². The Kier molecular flexibility index (Phi) is 3.17. The second-order valence-electron chi connectivity index (χ2n) is 4.87. The van der Waals surface area contributed by atoms with Gasteiger partial charge in [-0.25, -0.2) is 19.3 Å². The van der Waals surface area contributed by atoms with Gasteiger partial charge in [-0.05, 0) is 0 Å². The fourth-order valence-corrected chi connectivity index (χ4v) is 2.55. The molecule has 1 aliphatic heterocycles. The van der Waals surface area contributed by atoms with Gasteiger partial charge >= 0.3 is 5.69 Å². The molecular formula is C11H15N5O5. The minimum absolute atomic E-state index is 0.116. The number of aliphatic hydroxyl groups excluding tert-OH is 3. The molecule has 4 atom stereocenters. The summed E-state index contributed by atoms with van der Waals surface area (Å²) >= 11 is 0. The van der Waals surface area contributed by atoms with Gasteiger partial charge in [0.15, 0.2) is 17.7 Å². The summed E-state index contributed by atoms with van der Waals surface area (Å²) in [6, 6.07) is 0. The van der Waals surface area contributed by atoms with Gasteiger partial charge in [-0.2, -0.15) is 0 Å². The lowest BCUT2D eigenvalue weighted by Gasteiger charge is -2.15. The van der Waals surface area contributed by atoms with Crippen molar-refractivity contribution in [3.05, 3.63) is 16.8 Å². The summed E-state index contributed by atoms with van der Waals surface area (Å²) in [5.74, 6) is 0.116. The molecule has 2 aromatic heterocycles. The highest BCUT2D eigenvalue weighted by molar-refractivity contribution is 5.82. The molecule has 0 bridgehead atoms. The number of aromatic nitrogens is 4. The zero-order valence-corrected chi connectivity index (χ0v) is 11.1. The lowest BCUT2D eigenvalue weighted by Crippen LogP contribution is -2.35. The number of hydrogen-bond donors (Lipinski definition) is 4. The number of nitrogens with two attached hydrogens (primary N) is 1. The highest BCUT2D eigenvalue weighted by Crippen LogP contribution is 2.30. The van der Waals surface area contributed by atoms with Crippen LogP contribution in [0.15, 0.2) is 11.1 Å². The highest BCUT2D eigenvalue weighted by atomic mass is 16.6. The first kappa shape index (κ1) is 13.9.